The molecule has 15 heavy (non-hydrogen) atoms. The number of rotatable bonds is 2. The minimum Gasteiger partial charge on any atom is -0.335 e. The first-order chi connectivity index (χ1) is 6.73. The Kier molecular flexibility index (Phi) is 3.37. The highest BCUT2D eigenvalue weighted by Gasteiger charge is 2.21. The Morgan fingerprint density at radius 2 is 1.93 bits per heavy atom. The summed E-state index contributed by atoms with van der Waals surface area (Å²) in [7, 11) is 0.687. The van der Waals surface area contributed by atoms with Crippen molar-refractivity contribution >= 4 is 31.3 Å². The van der Waals surface area contributed by atoms with E-state index in [0.717, 1.165) is 0 Å². The first-order valence-electron chi connectivity index (χ1n) is 3.39. The highest BCUT2D eigenvalue weighted by atomic mass is 35.7. The van der Waals surface area contributed by atoms with E-state index < -0.39 is 36.6 Å². The minimum absolute atomic E-state index is 0.454. The van der Waals surface area contributed by atoms with Crippen LogP contribution in [0.4, 0.5) is 8.78 Å². The number of H-pyrrole nitrogens is 1. The van der Waals surface area contributed by atoms with Crippen LogP contribution in [0.1, 0.15) is 12.0 Å². The molecule has 1 N–H and O–H groups in total. The number of aromatic amines is 1. The van der Waals surface area contributed by atoms with Crippen molar-refractivity contribution in [2.24, 2.45) is 0 Å². The molecule has 84 valence electrons. The molecule has 9 heteroatoms. The van der Waals surface area contributed by atoms with E-state index in [2.05, 4.69) is 0 Å². The SMILES string of the molecule is O=c1cc(S(=O)(=O)Cl)[nH]c(Cl)c1C(F)F. The van der Waals surface area contributed by atoms with Gasteiger partial charge in [-0.25, -0.2) is 17.2 Å². The Bertz CT molecular complexity index is 540. The van der Waals surface area contributed by atoms with Gasteiger partial charge >= 0.3 is 0 Å². The third-order valence-electron chi connectivity index (χ3n) is 1.48. The lowest BCUT2D eigenvalue weighted by molar-refractivity contribution is 0.149. The smallest absolute Gasteiger partial charge is 0.276 e. The first kappa shape index (κ1) is 12.4. The Balaban J connectivity index is 3.53. The number of nitrogens with one attached hydrogen (secondary N) is 1. The number of hydrogen-bond donors (Lipinski definition) is 1. The Morgan fingerprint density at radius 3 is 2.27 bits per heavy atom. The van der Waals surface area contributed by atoms with Crippen LogP contribution in [0.3, 0.4) is 0 Å². The van der Waals surface area contributed by atoms with Gasteiger partial charge in [-0.1, -0.05) is 11.6 Å². The van der Waals surface area contributed by atoms with Crippen molar-refractivity contribution in [1.29, 1.82) is 0 Å². The fraction of sp³-hybridized carbons (Fsp3) is 0.167. The average molecular weight is 278 g/mol. The van der Waals surface area contributed by atoms with E-state index in [0.29, 0.717) is 6.07 Å². The molecule has 0 aromatic carbocycles. The molecule has 0 unspecified atom stereocenters. The molecule has 0 spiro atoms. The van der Waals surface area contributed by atoms with Gasteiger partial charge in [0.2, 0.25) is 0 Å². The maximum Gasteiger partial charge on any atom is 0.276 e. The van der Waals surface area contributed by atoms with Gasteiger partial charge in [-0.3, -0.25) is 4.79 Å². The van der Waals surface area contributed by atoms with E-state index in [4.69, 9.17) is 22.3 Å². The second kappa shape index (κ2) is 4.07. The minimum atomic E-state index is -4.20. The summed E-state index contributed by atoms with van der Waals surface area (Å²) in [6.45, 7) is 0. The Morgan fingerprint density at radius 1 is 1.40 bits per heavy atom. The van der Waals surface area contributed by atoms with Crippen molar-refractivity contribution in [2.45, 2.75) is 11.5 Å². The fourth-order valence-electron chi connectivity index (χ4n) is 0.851. The van der Waals surface area contributed by atoms with Crippen LogP contribution < -0.4 is 5.43 Å². The molecule has 0 aliphatic carbocycles. The predicted octanol–water partition coefficient (Wildman–Crippen LogP) is 1.89. The summed E-state index contributed by atoms with van der Waals surface area (Å²) in [4.78, 5) is 12.9. The van der Waals surface area contributed by atoms with Crippen molar-refractivity contribution in [2.75, 3.05) is 0 Å². The summed E-state index contributed by atoms with van der Waals surface area (Å²) < 4.78 is 46.0. The Hall–Kier alpha value is -0.660. The van der Waals surface area contributed by atoms with E-state index in [1.165, 1.54) is 0 Å². The zero-order valence-electron chi connectivity index (χ0n) is 6.80. The summed E-state index contributed by atoms with van der Waals surface area (Å²) in [5.41, 5.74) is -2.17. The number of aromatic nitrogens is 1. The van der Waals surface area contributed by atoms with Gasteiger partial charge in [-0.15, -0.1) is 0 Å². The van der Waals surface area contributed by atoms with E-state index in [9.17, 15) is 22.0 Å². The first-order valence-corrected chi connectivity index (χ1v) is 6.07. The number of hydrogen-bond acceptors (Lipinski definition) is 3. The molecule has 0 aliphatic rings. The third kappa shape index (κ3) is 2.67. The lowest BCUT2D eigenvalue weighted by Crippen LogP contribution is -2.13. The van der Waals surface area contributed by atoms with Crippen LogP contribution in [-0.4, -0.2) is 13.4 Å². The van der Waals surface area contributed by atoms with E-state index in [1.807, 2.05) is 4.98 Å². The van der Waals surface area contributed by atoms with E-state index >= 15 is 0 Å². The van der Waals surface area contributed by atoms with Crippen LogP contribution in [0.2, 0.25) is 5.15 Å². The summed E-state index contributed by atoms with van der Waals surface area (Å²) in [5.74, 6) is 0. The van der Waals surface area contributed by atoms with Gasteiger partial charge in [0.15, 0.2) is 10.5 Å². The van der Waals surface area contributed by atoms with Gasteiger partial charge < -0.3 is 4.98 Å². The lowest BCUT2D eigenvalue weighted by atomic mass is 10.3. The normalized spacial score (nSPS) is 12.1. The number of alkyl halides is 2. The van der Waals surface area contributed by atoms with Crippen LogP contribution in [0.25, 0.3) is 0 Å². The van der Waals surface area contributed by atoms with Crippen LogP contribution in [0.15, 0.2) is 15.9 Å². The quantitative estimate of drug-likeness (QED) is 0.663. The van der Waals surface area contributed by atoms with Crippen molar-refractivity contribution in [3.05, 3.63) is 27.0 Å². The summed E-state index contributed by atoms with van der Waals surface area (Å²) in [6.07, 6.45) is -3.09. The van der Waals surface area contributed by atoms with Gasteiger partial charge in [-0.2, -0.15) is 0 Å². The molecule has 1 rings (SSSR count). The zero-order chi connectivity index (χ0) is 11.8. The molecule has 0 bridgehead atoms. The van der Waals surface area contributed by atoms with Crippen molar-refractivity contribution < 1.29 is 17.2 Å². The van der Waals surface area contributed by atoms with Crippen LogP contribution >= 0.6 is 22.3 Å². The van der Waals surface area contributed by atoms with Crippen molar-refractivity contribution in [3.8, 4) is 0 Å². The van der Waals surface area contributed by atoms with Crippen molar-refractivity contribution in [3.63, 3.8) is 0 Å². The molecule has 0 fully saturated rings. The van der Waals surface area contributed by atoms with Gasteiger partial charge in [-0.05, 0) is 0 Å². The molecule has 0 saturated carbocycles. The molecule has 0 saturated heterocycles. The molecule has 1 aromatic rings. The molecule has 0 radical (unpaired) electrons. The highest BCUT2D eigenvalue weighted by molar-refractivity contribution is 8.13. The molecule has 0 atom stereocenters. The Labute approximate surface area is 92.2 Å². The van der Waals surface area contributed by atoms with Gasteiger partial charge in [0, 0.05) is 16.7 Å². The molecule has 1 aromatic heterocycles. The lowest BCUT2D eigenvalue weighted by Gasteiger charge is -2.03. The van der Waals surface area contributed by atoms with Crippen LogP contribution in [0, 0.1) is 0 Å². The highest BCUT2D eigenvalue weighted by Crippen LogP contribution is 2.23. The molecule has 0 aliphatic heterocycles. The molecule has 0 amide bonds. The summed E-state index contributed by atoms with van der Waals surface area (Å²) in [6, 6.07) is 0.454. The van der Waals surface area contributed by atoms with E-state index in [-0.39, 0.29) is 0 Å². The van der Waals surface area contributed by atoms with Gasteiger partial charge in [0.1, 0.15) is 10.7 Å². The standard InChI is InChI=1S/C6H3Cl2F2NO3S/c7-5-4(6(9)10)2(12)1-3(11-5)15(8,13)14/h1,6H,(H,11,12). The van der Waals surface area contributed by atoms with Crippen molar-refractivity contribution in [1.82, 2.24) is 4.98 Å². The second-order valence-corrected chi connectivity index (χ2v) is 5.38. The number of pyridine rings is 1. The van der Waals surface area contributed by atoms with Crippen LogP contribution in [0.5, 0.6) is 0 Å². The second-order valence-electron chi connectivity index (χ2n) is 2.46. The molecule has 1 heterocycles. The average Bonchev–Trinajstić information content (AvgIpc) is 1.99. The predicted molar refractivity (Wildman–Crippen MR) is 50.1 cm³/mol. The van der Waals surface area contributed by atoms with Crippen LogP contribution in [-0.2, 0) is 9.05 Å². The summed E-state index contributed by atoms with van der Waals surface area (Å²) in [5, 5.41) is -1.46. The maximum absolute atomic E-state index is 12.2. The molecule has 4 nitrogen and oxygen atoms in total. The van der Waals surface area contributed by atoms with Gasteiger partial charge in [0.05, 0.1) is 0 Å². The maximum atomic E-state index is 12.2. The van der Waals surface area contributed by atoms with Gasteiger partial charge in [0.25, 0.3) is 15.5 Å². The molecular formula is C6H3Cl2F2NO3S. The molecular weight excluding hydrogens is 275 g/mol. The monoisotopic (exact) mass is 277 g/mol. The number of halogens is 4. The van der Waals surface area contributed by atoms with E-state index in [1.54, 1.807) is 0 Å². The third-order valence-corrected chi connectivity index (χ3v) is 3.02. The fourth-order valence-corrected chi connectivity index (χ4v) is 1.91. The zero-order valence-corrected chi connectivity index (χ0v) is 9.13. The topological polar surface area (TPSA) is 67.0 Å². The largest absolute Gasteiger partial charge is 0.335 e. The summed E-state index contributed by atoms with van der Waals surface area (Å²) >= 11 is 5.28.